The number of nitrogens with one attached hydrogen (secondary N) is 1. The van der Waals surface area contributed by atoms with Gasteiger partial charge in [0.05, 0.1) is 6.10 Å². The second-order valence-corrected chi connectivity index (χ2v) is 5.95. The first-order chi connectivity index (χ1) is 10.0. The van der Waals surface area contributed by atoms with Crippen LogP contribution in [0.5, 0.6) is 0 Å². The van der Waals surface area contributed by atoms with Gasteiger partial charge in [-0.3, -0.25) is 0 Å². The number of ether oxygens (including phenoxy) is 1. The second-order valence-electron chi connectivity index (χ2n) is 5.95. The van der Waals surface area contributed by atoms with Crippen molar-refractivity contribution in [1.82, 2.24) is 10.2 Å². The average molecular weight is 300 g/mol. The van der Waals surface area contributed by atoms with Gasteiger partial charge in [-0.15, -0.1) is 0 Å². The second kappa shape index (κ2) is 7.09. The largest absolute Gasteiger partial charge is 0.480 e. The summed E-state index contributed by atoms with van der Waals surface area (Å²) < 4.78 is 4.89. The highest BCUT2D eigenvalue weighted by molar-refractivity contribution is 5.82. The van der Waals surface area contributed by atoms with Crippen molar-refractivity contribution < 1.29 is 24.5 Å². The number of carbonyl (C=O) groups is 2. The third-order valence-electron chi connectivity index (χ3n) is 4.54. The number of rotatable bonds is 6. The van der Waals surface area contributed by atoms with Gasteiger partial charge in [-0.05, 0) is 31.6 Å². The van der Waals surface area contributed by atoms with Crippen molar-refractivity contribution in [2.75, 3.05) is 26.8 Å². The van der Waals surface area contributed by atoms with Crippen LogP contribution in [-0.4, -0.2) is 66.1 Å². The molecule has 0 bridgehead atoms. The van der Waals surface area contributed by atoms with E-state index in [1.54, 1.807) is 12.0 Å². The molecule has 0 aromatic carbocycles. The van der Waals surface area contributed by atoms with E-state index in [0.717, 1.165) is 12.8 Å². The zero-order chi connectivity index (χ0) is 15.4. The number of amides is 2. The normalized spacial score (nSPS) is 29.2. The van der Waals surface area contributed by atoms with Gasteiger partial charge in [0.25, 0.3) is 0 Å². The number of carboxylic acids is 1. The third-order valence-corrected chi connectivity index (χ3v) is 4.54. The van der Waals surface area contributed by atoms with E-state index in [1.165, 1.54) is 0 Å². The topological polar surface area (TPSA) is 99.1 Å². The molecule has 0 radical (unpaired) electrons. The first-order valence-corrected chi connectivity index (χ1v) is 7.48. The van der Waals surface area contributed by atoms with Crippen LogP contribution in [0.3, 0.4) is 0 Å². The molecular weight excluding hydrogens is 276 g/mol. The Morgan fingerprint density at radius 2 is 2.14 bits per heavy atom. The van der Waals surface area contributed by atoms with Gasteiger partial charge in [-0.25, -0.2) is 9.59 Å². The highest BCUT2D eigenvalue weighted by atomic mass is 16.5. The van der Waals surface area contributed by atoms with Crippen molar-refractivity contribution in [3.8, 4) is 0 Å². The summed E-state index contributed by atoms with van der Waals surface area (Å²) in [6.07, 6.45) is 2.34. The van der Waals surface area contributed by atoms with Crippen LogP contribution in [0, 0.1) is 11.8 Å². The van der Waals surface area contributed by atoms with E-state index in [1.807, 2.05) is 0 Å². The number of urea groups is 1. The number of fused-ring (bicyclic) bond motifs is 1. The molecule has 4 atom stereocenters. The Balaban J connectivity index is 1.83. The summed E-state index contributed by atoms with van der Waals surface area (Å²) in [5, 5.41) is 21.6. The van der Waals surface area contributed by atoms with E-state index in [4.69, 9.17) is 9.84 Å². The van der Waals surface area contributed by atoms with Crippen molar-refractivity contribution in [3.05, 3.63) is 0 Å². The Hall–Kier alpha value is -1.34. The lowest BCUT2D eigenvalue weighted by molar-refractivity contribution is -0.139. The summed E-state index contributed by atoms with van der Waals surface area (Å²) in [7, 11) is 1.56. The number of aliphatic hydroxyl groups is 1. The van der Waals surface area contributed by atoms with Gasteiger partial charge in [0.15, 0.2) is 0 Å². The smallest absolute Gasteiger partial charge is 0.326 e. The fraction of sp³-hybridized carbons (Fsp3) is 0.857. The molecule has 0 spiro atoms. The summed E-state index contributed by atoms with van der Waals surface area (Å²) >= 11 is 0. The summed E-state index contributed by atoms with van der Waals surface area (Å²) in [4.78, 5) is 25.0. The lowest BCUT2D eigenvalue weighted by Crippen LogP contribution is -2.47. The minimum atomic E-state index is -1.03. The molecule has 7 nitrogen and oxygen atoms in total. The number of aliphatic hydroxyl groups excluding tert-OH is 1. The Morgan fingerprint density at radius 3 is 2.76 bits per heavy atom. The molecule has 7 heteroatoms. The summed E-state index contributed by atoms with van der Waals surface area (Å²) in [5.41, 5.74) is 0. The summed E-state index contributed by atoms with van der Waals surface area (Å²) in [5.74, 6) is -0.533. The van der Waals surface area contributed by atoms with Gasteiger partial charge in [-0.2, -0.15) is 0 Å². The fourth-order valence-corrected chi connectivity index (χ4v) is 3.33. The Labute approximate surface area is 124 Å². The highest BCUT2D eigenvalue weighted by Crippen LogP contribution is 2.37. The van der Waals surface area contributed by atoms with Crippen molar-refractivity contribution in [3.63, 3.8) is 0 Å². The summed E-state index contributed by atoms with van der Waals surface area (Å²) in [6.45, 7) is 1.60. The van der Waals surface area contributed by atoms with Gasteiger partial charge >= 0.3 is 12.0 Å². The van der Waals surface area contributed by atoms with E-state index in [0.29, 0.717) is 38.5 Å². The maximum absolute atomic E-state index is 12.2. The van der Waals surface area contributed by atoms with Gasteiger partial charge in [0.1, 0.15) is 6.04 Å². The lowest BCUT2D eigenvalue weighted by atomic mass is 10.00. The van der Waals surface area contributed by atoms with Crippen molar-refractivity contribution in [1.29, 1.82) is 0 Å². The first-order valence-electron chi connectivity index (χ1n) is 7.48. The number of carbonyl (C=O) groups excluding carboxylic acids is 1. The van der Waals surface area contributed by atoms with E-state index >= 15 is 0 Å². The van der Waals surface area contributed by atoms with Crippen molar-refractivity contribution in [2.24, 2.45) is 11.8 Å². The SMILES string of the molecule is COCCCC(NC(=O)N1CC2CCC(O)C2C1)C(=O)O. The van der Waals surface area contributed by atoms with Gasteiger partial charge in [0, 0.05) is 32.7 Å². The van der Waals surface area contributed by atoms with Gasteiger partial charge in [0.2, 0.25) is 0 Å². The molecule has 1 saturated carbocycles. The predicted molar refractivity (Wildman–Crippen MR) is 74.9 cm³/mol. The molecule has 1 aliphatic carbocycles. The van der Waals surface area contributed by atoms with Crippen LogP contribution >= 0.6 is 0 Å². The average Bonchev–Trinajstić information content (AvgIpc) is 3.00. The van der Waals surface area contributed by atoms with Crippen molar-refractivity contribution in [2.45, 2.75) is 37.8 Å². The molecule has 2 amide bonds. The molecule has 2 aliphatic rings. The molecule has 0 aromatic rings. The van der Waals surface area contributed by atoms with Crippen LogP contribution in [0.2, 0.25) is 0 Å². The Bertz CT molecular complexity index is 390. The molecule has 1 heterocycles. The maximum Gasteiger partial charge on any atom is 0.326 e. The Morgan fingerprint density at radius 1 is 1.38 bits per heavy atom. The standard InChI is InChI=1S/C14H24N2O5/c1-21-6-2-3-11(13(18)19)15-14(20)16-7-9-4-5-12(17)10(9)8-16/h9-12,17H,2-8H2,1H3,(H,15,20)(H,18,19). The molecule has 4 unspecified atom stereocenters. The molecule has 2 rings (SSSR count). The van der Waals surface area contributed by atoms with E-state index in [-0.39, 0.29) is 18.1 Å². The van der Waals surface area contributed by atoms with Crippen molar-refractivity contribution >= 4 is 12.0 Å². The minimum Gasteiger partial charge on any atom is -0.480 e. The Kier molecular flexibility index (Phi) is 5.41. The third kappa shape index (κ3) is 3.85. The number of hydrogen-bond donors (Lipinski definition) is 3. The minimum absolute atomic E-state index is 0.146. The zero-order valence-electron chi connectivity index (χ0n) is 12.3. The van der Waals surface area contributed by atoms with Crippen LogP contribution in [0.4, 0.5) is 4.79 Å². The molecule has 1 saturated heterocycles. The first kappa shape index (κ1) is 16.0. The van der Waals surface area contributed by atoms with Crippen LogP contribution < -0.4 is 5.32 Å². The monoisotopic (exact) mass is 300 g/mol. The van der Waals surface area contributed by atoms with Crippen LogP contribution in [-0.2, 0) is 9.53 Å². The highest BCUT2D eigenvalue weighted by Gasteiger charge is 2.43. The molecule has 2 fully saturated rings. The molecular formula is C14H24N2O5. The van der Waals surface area contributed by atoms with E-state index < -0.39 is 12.0 Å². The van der Waals surface area contributed by atoms with E-state index in [2.05, 4.69) is 5.32 Å². The fourth-order valence-electron chi connectivity index (χ4n) is 3.33. The molecule has 0 aromatic heterocycles. The molecule has 120 valence electrons. The zero-order valence-corrected chi connectivity index (χ0v) is 12.3. The van der Waals surface area contributed by atoms with Gasteiger partial charge < -0.3 is 25.2 Å². The maximum atomic E-state index is 12.2. The number of carboxylic acid groups (broad SMARTS) is 1. The van der Waals surface area contributed by atoms with Crippen LogP contribution in [0.15, 0.2) is 0 Å². The molecule has 3 N–H and O–H groups in total. The lowest BCUT2D eigenvalue weighted by Gasteiger charge is -2.22. The van der Waals surface area contributed by atoms with Crippen LogP contribution in [0.1, 0.15) is 25.7 Å². The molecule has 1 aliphatic heterocycles. The van der Waals surface area contributed by atoms with Gasteiger partial charge in [-0.1, -0.05) is 0 Å². The summed E-state index contributed by atoms with van der Waals surface area (Å²) in [6, 6.07) is -1.24. The number of likely N-dealkylation sites (tertiary alicyclic amines) is 1. The predicted octanol–water partition coefficient (Wildman–Crippen LogP) is 0.279. The quantitative estimate of drug-likeness (QED) is 0.612. The number of hydrogen-bond acceptors (Lipinski definition) is 4. The number of aliphatic carboxylic acids is 1. The van der Waals surface area contributed by atoms with Crippen LogP contribution in [0.25, 0.3) is 0 Å². The van der Waals surface area contributed by atoms with E-state index in [9.17, 15) is 14.7 Å². The number of methoxy groups -OCH3 is 1. The number of nitrogens with zero attached hydrogens (tertiary/aromatic N) is 1. The molecule has 21 heavy (non-hydrogen) atoms.